The maximum atomic E-state index is 14.0. The standard InChI is InChI=1S/C31H33Cl2N7O6/c1-5-26(41)36-19-9-7-18(8-10-19)15-40(31(43)39-30-28(32)22(44-3)13-23(45-4)29(30)33)25-14-24(34-17-35-25)37-21-16-46-12-11-20(21)38-27(42)6-2/h5-10,13-14,17,20-21H,1-2,11-12,15-16H2,3-4H3,(H,36,41)(H,38,42)(H,39,43)(H,34,35,37). The molecule has 2 heterocycles. The van der Waals surface area contributed by atoms with Gasteiger partial charge in [-0.3, -0.25) is 14.5 Å². The first-order chi connectivity index (χ1) is 22.2. The summed E-state index contributed by atoms with van der Waals surface area (Å²) in [5.41, 5.74) is 1.32. The van der Waals surface area contributed by atoms with Crippen molar-refractivity contribution in [3.05, 3.63) is 83.6 Å². The highest BCUT2D eigenvalue weighted by atomic mass is 35.5. The first-order valence-electron chi connectivity index (χ1n) is 14.0. The molecule has 13 nitrogen and oxygen atoms in total. The second kappa shape index (κ2) is 15.9. The van der Waals surface area contributed by atoms with Crippen LogP contribution in [0.25, 0.3) is 0 Å². The number of anilines is 4. The van der Waals surface area contributed by atoms with Crippen LogP contribution in [0.15, 0.2) is 68.0 Å². The van der Waals surface area contributed by atoms with E-state index >= 15 is 0 Å². The maximum absolute atomic E-state index is 14.0. The van der Waals surface area contributed by atoms with Crippen LogP contribution >= 0.6 is 23.2 Å². The van der Waals surface area contributed by atoms with E-state index in [-0.39, 0.29) is 63.5 Å². The maximum Gasteiger partial charge on any atom is 0.327 e. The van der Waals surface area contributed by atoms with Gasteiger partial charge in [-0.1, -0.05) is 48.5 Å². The summed E-state index contributed by atoms with van der Waals surface area (Å²) in [5, 5.41) is 11.8. The number of urea groups is 1. The lowest BCUT2D eigenvalue weighted by atomic mass is 10.0. The molecule has 4 N–H and O–H groups in total. The van der Waals surface area contributed by atoms with Gasteiger partial charge >= 0.3 is 6.03 Å². The Morgan fingerprint density at radius 3 is 2.28 bits per heavy atom. The fourth-order valence-electron chi connectivity index (χ4n) is 4.55. The summed E-state index contributed by atoms with van der Waals surface area (Å²) in [6.07, 6.45) is 4.27. The van der Waals surface area contributed by atoms with Gasteiger partial charge in [-0.25, -0.2) is 14.8 Å². The van der Waals surface area contributed by atoms with Gasteiger partial charge in [-0.2, -0.15) is 0 Å². The molecule has 46 heavy (non-hydrogen) atoms. The lowest BCUT2D eigenvalue weighted by molar-refractivity contribution is -0.118. The number of aromatic nitrogens is 2. The Balaban J connectivity index is 1.67. The zero-order valence-corrected chi connectivity index (χ0v) is 26.7. The number of benzene rings is 2. The molecule has 4 rings (SSSR count). The Labute approximate surface area is 275 Å². The summed E-state index contributed by atoms with van der Waals surface area (Å²) < 4.78 is 16.3. The Bertz CT molecular complexity index is 1580. The quantitative estimate of drug-likeness (QED) is 0.194. The molecule has 242 valence electrons. The Hall–Kier alpha value is -4.85. The first-order valence-corrected chi connectivity index (χ1v) is 14.7. The van der Waals surface area contributed by atoms with Crippen LogP contribution in [-0.4, -0.2) is 67.3 Å². The minimum Gasteiger partial charge on any atom is -0.495 e. The molecule has 1 aliphatic rings. The van der Waals surface area contributed by atoms with Crippen molar-refractivity contribution in [3.63, 3.8) is 0 Å². The third-order valence-electron chi connectivity index (χ3n) is 6.93. The number of methoxy groups -OCH3 is 2. The third-order valence-corrected chi connectivity index (χ3v) is 7.68. The molecular formula is C31H33Cl2N7O6. The number of carbonyl (C=O) groups is 3. The van der Waals surface area contributed by atoms with E-state index in [1.54, 1.807) is 30.3 Å². The highest BCUT2D eigenvalue weighted by Gasteiger charge is 2.28. The van der Waals surface area contributed by atoms with Gasteiger partial charge in [0.25, 0.3) is 0 Å². The smallest absolute Gasteiger partial charge is 0.327 e. The molecule has 2 unspecified atom stereocenters. The molecule has 3 aromatic rings. The molecule has 0 aliphatic carbocycles. The Morgan fingerprint density at radius 1 is 0.978 bits per heavy atom. The molecular weight excluding hydrogens is 637 g/mol. The fourth-order valence-corrected chi connectivity index (χ4v) is 5.15. The van der Waals surface area contributed by atoms with Crippen molar-refractivity contribution < 1.29 is 28.6 Å². The van der Waals surface area contributed by atoms with Crippen molar-refractivity contribution in [2.45, 2.75) is 25.0 Å². The van der Waals surface area contributed by atoms with Crippen LogP contribution in [0.1, 0.15) is 12.0 Å². The lowest BCUT2D eigenvalue weighted by Crippen LogP contribution is -2.52. The first kappa shape index (κ1) is 34.0. The number of hydrogen-bond donors (Lipinski definition) is 4. The van der Waals surface area contributed by atoms with Gasteiger partial charge in [0.1, 0.15) is 39.5 Å². The van der Waals surface area contributed by atoms with Gasteiger partial charge < -0.3 is 35.5 Å². The summed E-state index contributed by atoms with van der Waals surface area (Å²) >= 11 is 13.1. The van der Waals surface area contributed by atoms with E-state index in [0.29, 0.717) is 36.7 Å². The number of nitrogens with one attached hydrogen (secondary N) is 4. The van der Waals surface area contributed by atoms with Crippen molar-refractivity contribution in [3.8, 4) is 11.5 Å². The van der Waals surface area contributed by atoms with Crippen molar-refractivity contribution in [1.29, 1.82) is 0 Å². The summed E-state index contributed by atoms with van der Waals surface area (Å²) in [5.74, 6) is 0.437. The molecule has 2 atom stereocenters. The summed E-state index contributed by atoms with van der Waals surface area (Å²) in [4.78, 5) is 47.7. The molecule has 1 saturated heterocycles. The fraction of sp³-hybridized carbons (Fsp3) is 0.258. The summed E-state index contributed by atoms with van der Waals surface area (Å²) in [6.45, 7) is 7.81. The molecule has 4 amide bonds. The largest absolute Gasteiger partial charge is 0.495 e. The van der Waals surface area contributed by atoms with E-state index in [4.69, 9.17) is 37.4 Å². The average Bonchev–Trinajstić information content (AvgIpc) is 3.07. The van der Waals surface area contributed by atoms with Crippen LogP contribution < -0.4 is 35.6 Å². The third kappa shape index (κ3) is 8.44. The molecule has 0 spiro atoms. The number of carbonyl (C=O) groups excluding carboxylic acids is 3. The van der Waals surface area contributed by atoms with Gasteiger partial charge in [-0.05, 0) is 36.3 Å². The molecule has 15 heteroatoms. The minimum atomic E-state index is -0.634. The van der Waals surface area contributed by atoms with Gasteiger partial charge in [0.05, 0.1) is 45.1 Å². The average molecular weight is 671 g/mol. The highest BCUT2D eigenvalue weighted by molar-refractivity contribution is 6.41. The van der Waals surface area contributed by atoms with Crippen LogP contribution in [0.2, 0.25) is 10.0 Å². The molecule has 0 radical (unpaired) electrons. The van der Waals surface area contributed by atoms with Crippen LogP contribution in [0.3, 0.4) is 0 Å². The second-order valence-electron chi connectivity index (χ2n) is 9.89. The number of ether oxygens (including phenoxy) is 3. The predicted octanol–water partition coefficient (Wildman–Crippen LogP) is 5.04. The zero-order chi connectivity index (χ0) is 33.2. The monoisotopic (exact) mass is 669 g/mol. The Morgan fingerprint density at radius 2 is 1.65 bits per heavy atom. The van der Waals surface area contributed by atoms with E-state index in [1.165, 1.54) is 43.7 Å². The number of nitrogens with zero attached hydrogens (tertiary/aromatic N) is 3. The van der Waals surface area contributed by atoms with E-state index in [1.807, 2.05) is 0 Å². The van der Waals surface area contributed by atoms with Crippen LogP contribution in [-0.2, 0) is 20.9 Å². The van der Waals surface area contributed by atoms with E-state index < -0.39 is 6.03 Å². The molecule has 2 aromatic carbocycles. The van der Waals surface area contributed by atoms with Gasteiger partial charge in [-0.15, -0.1) is 0 Å². The lowest BCUT2D eigenvalue weighted by Gasteiger charge is -2.33. The number of halogens is 2. The topological polar surface area (TPSA) is 156 Å². The number of amides is 4. The van der Waals surface area contributed by atoms with Crippen molar-refractivity contribution >= 4 is 64.1 Å². The van der Waals surface area contributed by atoms with Crippen LogP contribution in [0, 0.1) is 0 Å². The van der Waals surface area contributed by atoms with Crippen molar-refractivity contribution in [1.82, 2.24) is 15.3 Å². The summed E-state index contributed by atoms with van der Waals surface area (Å²) in [7, 11) is 2.85. The van der Waals surface area contributed by atoms with Crippen LogP contribution in [0.5, 0.6) is 11.5 Å². The zero-order valence-electron chi connectivity index (χ0n) is 25.1. The molecule has 1 aromatic heterocycles. The van der Waals surface area contributed by atoms with Crippen molar-refractivity contribution in [2.24, 2.45) is 0 Å². The SMILES string of the molecule is C=CC(=O)Nc1ccc(CN(C(=O)Nc2c(Cl)c(OC)cc(OC)c2Cl)c2cc(NC3COCCC3NC(=O)C=C)ncn2)cc1. The van der Waals surface area contributed by atoms with Gasteiger partial charge in [0.15, 0.2) is 0 Å². The normalized spacial score (nSPS) is 15.6. The van der Waals surface area contributed by atoms with Gasteiger partial charge in [0, 0.05) is 24.4 Å². The number of rotatable bonds is 12. The van der Waals surface area contributed by atoms with Crippen molar-refractivity contribution in [2.75, 3.05) is 48.3 Å². The van der Waals surface area contributed by atoms with E-state index in [0.717, 1.165) is 0 Å². The van der Waals surface area contributed by atoms with E-state index in [9.17, 15) is 14.4 Å². The Kier molecular flexibility index (Phi) is 11.8. The highest BCUT2D eigenvalue weighted by Crippen LogP contribution is 2.44. The molecule has 0 saturated carbocycles. The molecule has 1 aliphatic heterocycles. The van der Waals surface area contributed by atoms with E-state index in [2.05, 4.69) is 44.4 Å². The van der Waals surface area contributed by atoms with Gasteiger partial charge in [0.2, 0.25) is 11.8 Å². The minimum absolute atomic E-state index is 0.0405. The molecule has 0 bridgehead atoms. The molecule has 1 fully saturated rings. The second-order valence-corrected chi connectivity index (χ2v) is 10.6. The number of hydrogen-bond acceptors (Lipinski definition) is 9. The summed E-state index contributed by atoms with van der Waals surface area (Å²) in [6, 6.07) is 8.79. The predicted molar refractivity (Wildman–Crippen MR) is 177 cm³/mol. The van der Waals surface area contributed by atoms with Crippen LogP contribution in [0.4, 0.5) is 27.8 Å².